The van der Waals surface area contributed by atoms with Crippen LogP contribution in [0.2, 0.25) is 0 Å². The van der Waals surface area contributed by atoms with Crippen molar-refractivity contribution in [1.82, 2.24) is 14.8 Å². The van der Waals surface area contributed by atoms with Crippen LogP contribution in [0.5, 0.6) is 11.5 Å². The molecule has 0 saturated carbocycles. The highest BCUT2D eigenvalue weighted by atomic mass is 16.6. The van der Waals surface area contributed by atoms with Crippen molar-refractivity contribution in [3.05, 3.63) is 59.6 Å². The van der Waals surface area contributed by atoms with Crippen LogP contribution >= 0.6 is 0 Å². The smallest absolute Gasteiger partial charge is 0.379 e. The first-order valence-corrected chi connectivity index (χ1v) is 9.67. The van der Waals surface area contributed by atoms with Crippen LogP contribution in [-0.2, 0) is 13.0 Å². The molecule has 0 spiro atoms. The lowest BCUT2D eigenvalue weighted by molar-refractivity contribution is 0.0696. The lowest BCUT2D eigenvalue weighted by Crippen LogP contribution is -2.08. The van der Waals surface area contributed by atoms with Gasteiger partial charge in [-0.2, -0.15) is 5.26 Å². The molecule has 0 atom stereocenters. The average Bonchev–Trinajstić information content (AvgIpc) is 3.38. The Morgan fingerprint density at radius 2 is 2.13 bits per heavy atom. The first kappa shape index (κ1) is 19.5. The van der Waals surface area contributed by atoms with Gasteiger partial charge in [-0.05, 0) is 48.7 Å². The van der Waals surface area contributed by atoms with Gasteiger partial charge < -0.3 is 18.5 Å². The van der Waals surface area contributed by atoms with Gasteiger partial charge in [-0.25, -0.2) is 4.79 Å². The number of aryl methyl sites for hydroxylation is 1. The zero-order valence-corrected chi connectivity index (χ0v) is 16.5. The molecule has 1 aliphatic heterocycles. The third-order valence-electron chi connectivity index (χ3n) is 4.89. The van der Waals surface area contributed by atoms with Crippen LogP contribution in [0.1, 0.15) is 47.0 Å². The van der Waals surface area contributed by atoms with E-state index in [4.69, 9.17) is 13.9 Å². The molecule has 30 heavy (non-hydrogen) atoms. The van der Waals surface area contributed by atoms with Gasteiger partial charge in [0.15, 0.2) is 17.3 Å². The van der Waals surface area contributed by atoms with Crippen LogP contribution in [0.15, 0.2) is 41.0 Å². The fourth-order valence-corrected chi connectivity index (χ4v) is 3.40. The molecular weight excluding hydrogens is 384 g/mol. The standard InChI is InChI=1S/C22H20N4O4/c1-28-19-13-15(8-9-17(19)30-22(27)18-6-5-11-29-18)12-16(14-23)21-25-24-20-7-3-2-4-10-26(20)21/h5-6,8-9,11-13H,2-4,7,10H2,1H3/b16-12+. The maximum Gasteiger partial charge on any atom is 0.379 e. The number of esters is 1. The summed E-state index contributed by atoms with van der Waals surface area (Å²) in [4.78, 5) is 12.1. The van der Waals surface area contributed by atoms with E-state index in [-0.39, 0.29) is 11.5 Å². The summed E-state index contributed by atoms with van der Waals surface area (Å²) in [5, 5.41) is 18.2. The Balaban J connectivity index is 1.62. The Morgan fingerprint density at radius 1 is 1.23 bits per heavy atom. The molecule has 0 N–H and O–H groups in total. The summed E-state index contributed by atoms with van der Waals surface area (Å²) in [5.41, 5.74) is 1.13. The third-order valence-corrected chi connectivity index (χ3v) is 4.89. The van der Waals surface area contributed by atoms with Crippen molar-refractivity contribution in [2.45, 2.75) is 32.2 Å². The number of rotatable bonds is 5. The number of methoxy groups -OCH3 is 1. The van der Waals surface area contributed by atoms with Crippen LogP contribution in [0.4, 0.5) is 0 Å². The number of allylic oxidation sites excluding steroid dienone is 1. The summed E-state index contributed by atoms with van der Waals surface area (Å²) in [6.45, 7) is 0.807. The van der Waals surface area contributed by atoms with Crippen LogP contribution in [0.25, 0.3) is 11.6 Å². The Bertz CT molecular complexity index is 1120. The predicted octanol–water partition coefficient (Wildman–Crippen LogP) is 3.89. The molecule has 8 heteroatoms. The third kappa shape index (κ3) is 3.96. The number of nitrogens with zero attached hydrogens (tertiary/aromatic N) is 4. The molecule has 0 unspecified atom stereocenters. The summed E-state index contributed by atoms with van der Waals surface area (Å²) in [7, 11) is 1.48. The van der Waals surface area contributed by atoms with Crippen molar-refractivity contribution in [3.8, 4) is 17.6 Å². The number of aromatic nitrogens is 3. The molecule has 0 bridgehead atoms. The largest absolute Gasteiger partial charge is 0.493 e. The van der Waals surface area contributed by atoms with E-state index in [1.807, 2.05) is 4.57 Å². The second-order valence-corrected chi connectivity index (χ2v) is 6.85. The fourth-order valence-electron chi connectivity index (χ4n) is 3.40. The van der Waals surface area contributed by atoms with Gasteiger partial charge in [0.1, 0.15) is 11.9 Å². The Kier molecular flexibility index (Phi) is 5.61. The van der Waals surface area contributed by atoms with Crippen LogP contribution in [0, 0.1) is 11.3 Å². The number of nitriles is 1. The van der Waals surface area contributed by atoms with Gasteiger partial charge in [0.2, 0.25) is 5.76 Å². The van der Waals surface area contributed by atoms with E-state index in [1.54, 1.807) is 30.3 Å². The van der Waals surface area contributed by atoms with Gasteiger partial charge >= 0.3 is 5.97 Å². The number of hydrogen-bond donors (Lipinski definition) is 0. The molecule has 4 rings (SSSR count). The number of carbonyl (C=O) groups is 1. The number of carbonyl (C=O) groups excluding carboxylic acids is 1. The molecule has 2 aromatic heterocycles. The number of fused-ring (bicyclic) bond motifs is 1. The van der Waals surface area contributed by atoms with Crippen molar-refractivity contribution in [1.29, 1.82) is 5.26 Å². The first-order valence-electron chi connectivity index (χ1n) is 9.67. The Morgan fingerprint density at radius 3 is 2.90 bits per heavy atom. The molecule has 0 fully saturated rings. The van der Waals surface area contributed by atoms with E-state index < -0.39 is 5.97 Å². The summed E-state index contributed by atoms with van der Waals surface area (Å²) in [6, 6.07) is 10.4. The van der Waals surface area contributed by atoms with Gasteiger partial charge in [0.25, 0.3) is 0 Å². The summed E-state index contributed by atoms with van der Waals surface area (Å²) in [6.07, 6.45) is 7.26. The molecule has 3 aromatic rings. The second kappa shape index (κ2) is 8.66. The highest BCUT2D eigenvalue weighted by Gasteiger charge is 2.19. The molecule has 152 valence electrons. The summed E-state index contributed by atoms with van der Waals surface area (Å²) < 4.78 is 17.8. The predicted molar refractivity (Wildman–Crippen MR) is 108 cm³/mol. The molecule has 8 nitrogen and oxygen atoms in total. The van der Waals surface area contributed by atoms with Crippen LogP contribution in [-0.4, -0.2) is 27.8 Å². The van der Waals surface area contributed by atoms with E-state index in [9.17, 15) is 10.1 Å². The minimum absolute atomic E-state index is 0.0975. The van der Waals surface area contributed by atoms with Gasteiger partial charge in [-0.15, -0.1) is 10.2 Å². The molecule has 3 heterocycles. The summed E-state index contributed by atoms with van der Waals surface area (Å²) in [5.74, 6) is 1.58. The Labute approximate surface area is 173 Å². The highest BCUT2D eigenvalue weighted by molar-refractivity contribution is 5.89. The molecule has 0 amide bonds. The quantitative estimate of drug-likeness (QED) is 0.361. The lowest BCUT2D eigenvalue weighted by atomic mass is 10.1. The van der Waals surface area contributed by atoms with Crippen molar-refractivity contribution >= 4 is 17.6 Å². The van der Waals surface area contributed by atoms with Crippen molar-refractivity contribution in [3.63, 3.8) is 0 Å². The minimum Gasteiger partial charge on any atom is -0.493 e. The molecule has 0 radical (unpaired) electrons. The molecule has 1 aromatic carbocycles. The lowest BCUT2D eigenvalue weighted by Gasteiger charge is -2.10. The first-order chi connectivity index (χ1) is 14.7. The SMILES string of the molecule is COc1cc(/C=C(\C#N)c2nnc3n2CCCCC3)ccc1OC(=O)c1ccco1. The van der Waals surface area contributed by atoms with Gasteiger partial charge in [0.05, 0.1) is 18.9 Å². The zero-order chi connectivity index (χ0) is 20.9. The normalized spacial score (nSPS) is 13.8. The number of furan rings is 1. The summed E-state index contributed by atoms with van der Waals surface area (Å²) >= 11 is 0. The average molecular weight is 404 g/mol. The highest BCUT2D eigenvalue weighted by Crippen LogP contribution is 2.30. The maximum atomic E-state index is 12.1. The zero-order valence-electron chi connectivity index (χ0n) is 16.5. The van der Waals surface area contributed by atoms with Crippen LogP contribution < -0.4 is 9.47 Å². The van der Waals surface area contributed by atoms with Crippen molar-refractivity contribution in [2.75, 3.05) is 7.11 Å². The van der Waals surface area contributed by atoms with Crippen LogP contribution in [0.3, 0.4) is 0 Å². The van der Waals surface area contributed by atoms with E-state index >= 15 is 0 Å². The number of hydrogen-bond acceptors (Lipinski definition) is 7. The Hall–Kier alpha value is -3.86. The van der Waals surface area contributed by atoms with Gasteiger partial charge in [-0.1, -0.05) is 12.5 Å². The molecular formula is C22H20N4O4. The molecule has 1 aliphatic rings. The number of ether oxygens (including phenoxy) is 2. The monoisotopic (exact) mass is 404 g/mol. The molecule has 0 saturated heterocycles. The van der Waals surface area contributed by atoms with Crippen molar-refractivity contribution < 1.29 is 18.7 Å². The van der Waals surface area contributed by atoms with E-state index in [0.717, 1.165) is 38.1 Å². The van der Waals surface area contributed by atoms with Gasteiger partial charge in [-0.3, -0.25) is 0 Å². The van der Waals surface area contributed by atoms with Crippen molar-refractivity contribution in [2.24, 2.45) is 0 Å². The molecule has 0 aliphatic carbocycles. The minimum atomic E-state index is -0.620. The number of benzene rings is 1. The fraction of sp³-hybridized carbons (Fsp3) is 0.273. The van der Waals surface area contributed by atoms with E-state index in [0.29, 0.717) is 22.7 Å². The maximum absolute atomic E-state index is 12.1. The van der Waals surface area contributed by atoms with Gasteiger partial charge in [0, 0.05) is 13.0 Å². The second-order valence-electron chi connectivity index (χ2n) is 6.85. The van der Waals surface area contributed by atoms with E-state index in [2.05, 4.69) is 16.3 Å². The van der Waals surface area contributed by atoms with E-state index in [1.165, 1.54) is 19.4 Å². The topological polar surface area (TPSA) is 103 Å².